The van der Waals surface area contributed by atoms with Gasteiger partial charge in [-0.3, -0.25) is 9.69 Å². The number of carbonyl (C=O) groups excluding carboxylic acids is 3. The van der Waals surface area contributed by atoms with Crippen LogP contribution in [0, 0.1) is 5.92 Å². The molecule has 2 heterocycles. The topological polar surface area (TPSA) is 148 Å². The zero-order valence-corrected chi connectivity index (χ0v) is 30.8. The molecule has 1 aliphatic heterocycles. The average molecular weight is 763 g/mol. The molecule has 4 aromatic rings. The first-order valence-corrected chi connectivity index (χ1v) is 17.2. The Balaban J connectivity index is 1.52. The fraction of sp³-hybridized carbons (Fsp3) is 0.325. The molecule has 0 bridgehead atoms. The van der Waals surface area contributed by atoms with Crippen LogP contribution in [0.1, 0.15) is 49.1 Å². The molecule has 0 radical (unpaired) electrons. The van der Waals surface area contributed by atoms with Crippen LogP contribution in [0.2, 0.25) is 0 Å². The Hall–Kier alpha value is -6.12. The number of imide groups is 1. The predicted octanol–water partition coefficient (Wildman–Crippen LogP) is 7.12. The van der Waals surface area contributed by atoms with Crippen molar-refractivity contribution in [2.75, 3.05) is 19.1 Å². The number of carboxylic acids is 1. The van der Waals surface area contributed by atoms with Gasteiger partial charge in [-0.05, 0) is 85.8 Å². The Kier molecular flexibility index (Phi) is 11.7. The first-order valence-electron chi connectivity index (χ1n) is 17.2. The van der Waals surface area contributed by atoms with Crippen LogP contribution >= 0.6 is 0 Å². The van der Waals surface area contributed by atoms with Gasteiger partial charge in [-0.2, -0.15) is 13.2 Å². The molecule has 0 spiro atoms. The van der Waals surface area contributed by atoms with Crippen LogP contribution in [0.15, 0.2) is 97.2 Å². The van der Waals surface area contributed by atoms with Crippen LogP contribution in [0.5, 0.6) is 11.5 Å². The maximum absolute atomic E-state index is 14.3. The second-order valence-electron chi connectivity index (χ2n) is 14.0. The summed E-state index contributed by atoms with van der Waals surface area (Å²) in [4.78, 5) is 60.6. The summed E-state index contributed by atoms with van der Waals surface area (Å²) in [6.45, 7) is 5.13. The van der Waals surface area contributed by atoms with Crippen molar-refractivity contribution >= 4 is 29.8 Å². The Bertz CT molecular complexity index is 2000. The Morgan fingerprint density at radius 1 is 0.891 bits per heavy atom. The van der Waals surface area contributed by atoms with Crippen LogP contribution in [-0.2, 0) is 33.7 Å². The summed E-state index contributed by atoms with van der Waals surface area (Å²) in [5, 5.41) is 12.7. The number of carbonyl (C=O) groups is 4. The maximum Gasteiger partial charge on any atom is 0.416 e. The number of hydrogen-bond donors (Lipinski definition) is 2. The van der Waals surface area contributed by atoms with Gasteiger partial charge in [0, 0.05) is 12.6 Å². The predicted molar refractivity (Wildman–Crippen MR) is 195 cm³/mol. The van der Waals surface area contributed by atoms with E-state index in [-0.39, 0.29) is 24.3 Å². The third-order valence-corrected chi connectivity index (χ3v) is 9.07. The highest BCUT2D eigenvalue weighted by molar-refractivity contribution is 6.10. The zero-order chi connectivity index (χ0) is 40.1. The molecule has 12 nitrogen and oxygen atoms in total. The van der Waals surface area contributed by atoms with Crippen molar-refractivity contribution in [1.82, 2.24) is 15.2 Å². The lowest BCUT2D eigenvalue weighted by molar-refractivity contribution is -0.182. The summed E-state index contributed by atoms with van der Waals surface area (Å²) in [7, 11) is 2.96. The quantitative estimate of drug-likeness (QED) is 0.144. The summed E-state index contributed by atoms with van der Waals surface area (Å²) < 4.78 is 59.0. The molecule has 2 N–H and O–H groups in total. The minimum absolute atomic E-state index is 0.0178. The highest BCUT2D eigenvalue weighted by Gasteiger charge is 2.67. The first kappa shape index (κ1) is 40.1. The van der Waals surface area contributed by atoms with E-state index in [2.05, 4.69) is 4.98 Å². The van der Waals surface area contributed by atoms with Crippen molar-refractivity contribution < 1.29 is 51.7 Å². The summed E-state index contributed by atoms with van der Waals surface area (Å²) in [6.07, 6.45) is -5.04. The van der Waals surface area contributed by atoms with E-state index >= 15 is 0 Å². The number of pyridine rings is 1. The van der Waals surface area contributed by atoms with Crippen LogP contribution in [0.3, 0.4) is 0 Å². The molecular weight excluding hydrogens is 721 g/mol. The van der Waals surface area contributed by atoms with Crippen LogP contribution in [0.25, 0.3) is 0 Å². The number of aliphatic carboxylic acids is 1. The molecule has 0 saturated carbocycles. The first-order chi connectivity index (χ1) is 26.0. The van der Waals surface area contributed by atoms with Gasteiger partial charge in [0.25, 0.3) is 0 Å². The van der Waals surface area contributed by atoms with Crippen molar-refractivity contribution in [3.63, 3.8) is 0 Å². The molecule has 5 rings (SSSR count). The van der Waals surface area contributed by atoms with Crippen molar-refractivity contribution in [1.29, 1.82) is 0 Å². The molecule has 3 atom stereocenters. The SMILES string of the molecule is COc1ccc(CN(C(=O)OC(C)(C)C)c2cc(C[C@H]3C(=O)N(C(=O)N[C@@H](c4ccccc4)C(F)(F)F)[C@]3(Cc3ccc(OC)cc3)C(=O)O)ccn2)cc1. The molecule has 3 aromatic carbocycles. The molecule has 1 aromatic heterocycles. The summed E-state index contributed by atoms with van der Waals surface area (Å²) in [6, 6.07) is 18.7. The van der Waals surface area contributed by atoms with Gasteiger partial charge in [0.2, 0.25) is 5.91 Å². The second kappa shape index (κ2) is 16.1. The van der Waals surface area contributed by atoms with E-state index < -0.39 is 59.7 Å². The number of halogens is 3. The number of benzene rings is 3. The summed E-state index contributed by atoms with van der Waals surface area (Å²) in [5.74, 6) is -2.85. The van der Waals surface area contributed by atoms with Crippen LogP contribution < -0.4 is 19.7 Å². The normalized spacial score (nSPS) is 17.4. The third-order valence-electron chi connectivity index (χ3n) is 9.07. The minimum Gasteiger partial charge on any atom is -0.497 e. The minimum atomic E-state index is -4.98. The lowest BCUT2D eigenvalue weighted by Gasteiger charge is -2.53. The van der Waals surface area contributed by atoms with E-state index in [0.717, 1.165) is 12.1 Å². The molecule has 290 valence electrons. The van der Waals surface area contributed by atoms with E-state index in [1.54, 1.807) is 69.3 Å². The number of hydrogen-bond acceptors (Lipinski definition) is 8. The molecule has 55 heavy (non-hydrogen) atoms. The van der Waals surface area contributed by atoms with Crippen molar-refractivity contribution in [3.8, 4) is 11.5 Å². The fourth-order valence-corrected chi connectivity index (χ4v) is 6.39. The monoisotopic (exact) mass is 762 g/mol. The number of aromatic nitrogens is 1. The Labute approximate surface area is 315 Å². The molecule has 1 aliphatic rings. The Morgan fingerprint density at radius 3 is 2.00 bits per heavy atom. The fourth-order valence-electron chi connectivity index (χ4n) is 6.39. The molecule has 1 fully saturated rings. The van der Waals surface area contributed by atoms with Crippen LogP contribution in [0.4, 0.5) is 28.6 Å². The molecule has 1 saturated heterocycles. The van der Waals surface area contributed by atoms with Crippen molar-refractivity contribution in [2.24, 2.45) is 5.92 Å². The molecular formula is C40H41F3N4O8. The number of likely N-dealkylation sites (tertiary alicyclic amines) is 1. The van der Waals surface area contributed by atoms with E-state index in [0.29, 0.717) is 33.1 Å². The van der Waals surface area contributed by atoms with E-state index in [4.69, 9.17) is 14.2 Å². The number of β-lactam (4-membered cyclic amide) rings is 1. The lowest BCUT2D eigenvalue weighted by atomic mass is 9.67. The number of rotatable bonds is 12. The summed E-state index contributed by atoms with van der Waals surface area (Å²) in [5.41, 5.74) is -2.06. The number of nitrogens with one attached hydrogen (secondary N) is 1. The number of anilines is 1. The highest BCUT2D eigenvalue weighted by atomic mass is 19.4. The third kappa shape index (κ3) is 8.99. The van der Waals surface area contributed by atoms with Crippen molar-refractivity contribution in [2.45, 2.75) is 63.5 Å². The zero-order valence-electron chi connectivity index (χ0n) is 30.8. The molecule has 0 aliphatic carbocycles. The summed E-state index contributed by atoms with van der Waals surface area (Å²) >= 11 is 0. The van der Waals surface area contributed by atoms with Gasteiger partial charge in [0.1, 0.15) is 22.9 Å². The lowest BCUT2D eigenvalue weighted by Crippen LogP contribution is -2.78. The second-order valence-corrected chi connectivity index (χ2v) is 14.0. The van der Waals surface area contributed by atoms with Gasteiger partial charge < -0.3 is 24.6 Å². The van der Waals surface area contributed by atoms with E-state index in [1.165, 1.54) is 55.6 Å². The Morgan fingerprint density at radius 2 is 1.47 bits per heavy atom. The number of urea groups is 1. The number of amides is 4. The van der Waals surface area contributed by atoms with Crippen LogP contribution in [-0.4, -0.2) is 70.5 Å². The van der Waals surface area contributed by atoms with E-state index in [1.807, 2.05) is 5.32 Å². The number of alkyl halides is 3. The van der Waals surface area contributed by atoms with Crippen molar-refractivity contribution in [3.05, 3.63) is 119 Å². The van der Waals surface area contributed by atoms with Gasteiger partial charge in [-0.25, -0.2) is 24.3 Å². The van der Waals surface area contributed by atoms with Gasteiger partial charge in [0.05, 0.1) is 26.7 Å². The van der Waals surface area contributed by atoms with Gasteiger partial charge in [-0.15, -0.1) is 0 Å². The largest absolute Gasteiger partial charge is 0.497 e. The number of carboxylic acid groups (broad SMARTS) is 1. The molecule has 15 heteroatoms. The number of nitrogens with zero attached hydrogens (tertiary/aromatic N) is 3. The molecule has 4 amide bonds. The van der Waals surface area contributed by atoms with Gasteiger partial charge in [0.15, 0.2) is 11.6 Å². The smallest absolute Gasteiger partial charge is 0.416 e. The average Bonchev–Trinajstić information content (AvgIpc) is 3.14. The van der Waals surface area contributed by atoms with Gasteiger partial charge in [-0.1, -0.05) is 54.6 Å². The van der Waals surface area contributed by atoms with Gasteiger partial charge >= 0.3 is 24.3 Å². The number of methoxy groups -OCH3 is 2. The molecule has 0 unspecified atom stereocenters. The number of ether oxygens (including phenoxy) is 3. The maximum atomic E-state index is 14.3. The highest BCUT2D eigenvalue weighted by Crippen LogP contribution is 2.44. The van der Waals surface area contributed by atoms with E-state index in [9.17, 15) is 37.5 Å². The standard InChI is InChI=1S/C40H41F3N4O8/c1-38(2,3)55-37(52)46(24-26-13-17-30(54-5)18-14-26)32-22-27(19-20-44-32)21-31-34(48)47(36(51)45-33(40(41,42)43)28-9-7-6-8-10-28)39(31,35(49)50)23-25-11-15-29(53-4)16-12-25/h6-20,22,31,33H,21,23-24H2,1-5H3,(H,45,51)(H,49,50)/t31-,33-,39-/m0/s1.